The first-order chi connectivity index (χ1) is 8.53. The Bertz CT molecular complexity index is 583. The Kier molecular flexibility index (Phi) is 3.48. The second-order valence-electron chi connectivity index (χ2n) is 4.73. The maximum Gasteiger partial charge on any atom is 0.231 e. The van der Waals surface area contributed by atoms with Gasteiger partial charge in [0.05, 0.1) is 16.4 Å². The number of nitrogens with zero attached hydrogens (tertiary/aromatic N) is 2. The first kappa shape index (κ1) is 12.8. The van der Waals surface area contributed by atoms with E-state index in [1.54, 1.807) is 38.4 Å². The molecule has 1 aromatic carbocycles. The van der Waals surface area contributed by atoms with Crippen LogP contribution in [0.1, 0.15) is 13.8 Å². The Hall–Kier alpha value is -1.68. The minimum absolute atomic E-state index is 0.110. The minimum atomic E-state index is -0.598. The van der Waals surface area contributed by atoms with Crippen molar-refractivity contribution in [2.75, 3.05) is 11.2 Å². The fourth-order valence-electron chi connectivity index (χ4n) is 1.40. The van der Waals surface area contributed by atoms with Crippen LogP contribution in [0.5, 0.6) is 0 Å². The molecule has 0 aliphatic heterocycles. The van der Waals surface area contributed by atoms with E-state index in [0.29, 0.717) is 5.69 Å². The predicted molar refractivity (Wildman–Crippen MR) is 72.7 cm³/mol. The lowest BCUT2D eigenvalue weighted by Crippen LogP contribution is -2.32. The highest BCUT2D eigenvalue weighted by Crippen LogP contribution is 2.21. The van der Waals surface area contributed by atoms with E-state index >= 15 is 0 Å². The van der Waals surface area contributed by atoms with Crippen molar-refractivity contribution in [2.45, 2.75) is 13.8 Å². The Balaban J connectivity index is 2.25. The molecule has 18 heavy (non-hydrogen) atoms. The molecule has 1 aromatic heterocycles. The quantitative estimate of drug-likeness (QED) is 0.867. The summed E-state index contributed by atoms with van der Waals surface area (Å²) in [6, 6.07) is 5.43. The van der Waals surface area contributed by atoms with E-state index in [1.165, 1.54) is 0 Å². The average Bonchev–Trinajstić information content (AvgIpc) is 2.38. The summed E-state index contributed by atoms with van der Waals surface area (Å²) in [4.78, 5) is 20.3. The van der Waals surface area contributed by atoms with Crippen LogP contribution in [0.4, 0.5) is 5.69 Å². The molecule has 1 heterocycles. The number of nitrogens with one attached hydrogen (secondary N) is 1. The summed E-state index contributed by atoms with van der Waals surface area (Å²) in [6.45, 7) is 3.60. The maximum absolute atomic E-state index is 12.0. The normalized spacial score (nSPS) is 11.5. The van der Waals surface area contributed by atoms with E-state index in [2.05, 4.69) is 15.3 Å². The van der Waals surface area contributed by atoms with Gasteiger partial charge in [0, 0.05) is 24.0 Å². The molecule has 1 amide bonds. The van der Waals surface area contributed by atoms with E-state index in [0.717, 1.165) is 11.0 Å². The number of halogens is 1. The number of alkyl halides is 1. The maximum atomic E-state index is 12.0. The third-order valence-electron chi connectivity index (χ3n) is 2.68. The number of benzene rings is 1. The molecule has 0 saturated carbocycles. The first-order valence-electron chi connectivity index (χ1n) is 5.61. The molecule has 0 spiro atoms. The second-order valence-corrected chi connectivity index (χ2v) is 5.00. The van der Waals surface area contributed by atoms with Crippen molar-refractivity contribution < 1.29 is 4.79 Å². The zero-order chi connectivity index (χ0) is 13.2. The average molecular weight is 264 g/mol. The van der Waals surface area contributed by atoms with Crippen molar-refractivity contribution in [1.29, 1.82) is 0 Å². The molecule has 1 N–H and O–H groups in total. The highest BCUT2D eigenvalue weighted by molar-refractivity contribution is 6.20. The number of hydrogen-bond donors (Lipinski definition) is 1. The van der Waals surface area contributed by atoms with Crippen molar-refractivity contribution in [2.24, 2.45) is 5.41 Å². The number of rotatable bonds is 3. The van der Waals surface area contributed by atoms with Gasteiger partial charge < -0.3 is 5.32 Å². The van der Waals surface area contributed by atoms with Crippen LogP contribution in [0.25, 0.3) is 11.0 Å². The molecule has 0 fully saturated rings. The Morgan fingerprint density at radius 3 is 2.61 bits per heavy atom. The van der Waals surface area contributed by atoms with E-state index in [-0.39, 0.29) is 11.8 Å². The second kappa shape index (κ2) is 4.90. The molecule has 0 bridgehead atoms. The molecule has 2 rings (SSSR count). The lowest BCUT2D eigenvalue weighted by molar-refractivity contribution is -0.122. The molecule has 0 radical (unpaired) electrons. The number of amides is 1. The zero-order valence-electron chi connectivity index (χ0n) is 10.3. The van der Waals surface area contributed by atoms with Gasteiger partial charge in [-0.15, -0.1) is 11.6 Å². The summed E-state index contributed by atoms with van der Waals surface area (Å²) in [5.74, 6) is 0.160. The summed E-state index contributed by atoms with van der Waals surface area (Å²) in [7, 11) is 0. The standard InChI is InChI=1S/C13H14ClN3O/c1-13(2,8-14)12(18)17-9-3-4-10-11(7-9)16-6-5-15-10/h3-7H,8H2,1-2H3,(H,17,18). The van der Waals surface area contributed by atoms with Crippen LogP contribution in [0.15, 0.2) is 30.6 Å². The van der Waals surface area contributed by atoms with Gasteiger partial charge in [-0.05, 0) is 32.0 Å². The molecular formula is C13H14ClN3O. The van der Waals surface area contributed by atoms with Gasteiger partial charge in [0.15, 0.2) is 0 Å². The smallest absolute Gasteiger partial charge is 0.231 e. The van der Waals surface area contributed by atoms with Crippen molar-refractivity contribution in [1.82, 2.24) is 9.97 Å². The Morgan fingerprint density at radius 2 is 1.94 bits per heavy atom. The van der Waals surface area contributed by atoms with Crippen LogP contribution >= 0.6 is 11.6 Å². The van der Waals surface area contributed by atoms with Crippen LogP contribution in [0.2, 0.25) is 0 Å². The SMILES string of the molecule is CC(C)(CCl)C(=O)Nc1ccc2nccnc2c1. The van der Waals surface area contributed by atoms with Crippen LogP contribution in [-0.4, -0.2) is 21.8 Å². The Labute approximate surface area is 110 Å². The van der Waals surface area contributed by atoms with Crippen molar-refractivity contribution in [3.8, 4) is 0 Å². The number of carbonyl (C=O) groups is 1. The fraction of sp³-hybridized carbons (Fsp3) is 0.308. The monoisotopic (exact) mass is 263 g/mol. The third kappa shape index (κ3) is 2.59. The van der Waals surface area contributed by atoms with E-state index in [4.69, 9.17) is 11.6 Å². The van der Waals surface area contributed by atoms with Crippen LogP contribution < -0.4 is 5.32 Å². The summed E-state index contributed by atoms with van der Waals surface area (Å²) in [5.41, 5.74) is 1.65. The highest BCUT2D eigenvalue weighted by Gasteiger charge is 2.26. The van der Waals surface area contributed by atoms with Gasteiger partial charge in [-0.1, -0.05) is 0 Å². The molecule has 0 aliphatic rings. The summed E-state index contributed by atoms with van der Waals surface area (Å²) >= 11 is 5.77. The van der Waals surface area contributed by atoms with Gasteiger partial charge in [-0.3, -0.25) is 14.8 Å². The molecule has 2 aromatic rings. The molecule has 94 valence electrons. The number of aromatic nitrogens is 2. The molecule has 5 heteroatoms. The fourth-order valence-corrected chi connectivity index (χ4v) is 1.52. The number of carbonyl (C=O) groups excluding carboxylic acids is 1. The minimum Gasteiger partial charge on any atom is -0.326 e. The lowest BCUT2D eigenvalue weighted by Gasteiger charge is -2.20. The first-order valence-corrected chi connectivity index (χ1v) is 6.14. The van der Waals surface area contributed by atoms with Crippen molar-refractivity contribution in [3.63, 3.8) is 0 Å². The summed E-state index contributed by atoms with van der Waals surface area (Å²) < 4.78 is 0. The lowest BCUT2D eigenvalue weighted by atomic mass is 9.95. The van der Waals surface area contributed by atoms with Crippen LogP contribution in [0, 0.1) is 5.41 Å². The van der Waals surface area contributed by atoms with Gasteiger partial charge in [-0.2, -0.15) is 0 Å². The van der Waals surface area contributed by atoms with E-state index < -0.39 is 5.41 Å². The van der Waals surface area contributed by atoms with Crippen LogP contribution in [0.3, 0.4) is 0 Å². The third-order valence-corrected chi connectivity index (χ3v) is 3.34. The molecular weight excluding hydrogens is 250 g/mol. The van der Waals surface area contributed by atoms with Gasteiger partial charge >= 0.3 is 0 Å². The largest absolute Gasteiger partial charge is 0.326 e. The summed E-state index contributed by atoms with van der Waals surface area (Å²) in [6.07, 6.45) is 3.26. The highest BCUT2D eigenvalue weighted by atomic mass is 35.5. The Morgan fingerprint density at radius 1 is 1.28 bits per heavy atom. The van der Waals surface area contributed by atoms with Crippen molar-refractivity contribution in [3.05, 3.63) is 30.6 Å². The number of hydrogen-bond acceptors (Lipinski definition) is 3. The summed E-state index contributed by atoms with van der Waals surface area (Å²) in [5, 5.41) is 2.83. The van der Waals surface area contributed by atoms with Gasteiger partial charge in [0.25, 0.3) is 0 Å². The predicted octanol–water partition coefficient (Wildman–Crippen LogP) is 2.83. The van der Waals surface area contributed by atoms with Crippen LogP contribution in [-0.2, 0) is 4.79 Å². The molecule has 4 nitrogen and oxygen atoms in total. The van der Waals surface area contributed by atoms with Crippen molar-refractivity contribution >= 4 is 34.2 Å². The number of anilines is 1. The van der Waals surface area contributed by atoms with Gasteiger partial charge in [0.1, 0.15) is 0 Å². The van der Waals surface area contributed by atoms with E-state index in [9.17, 15) is 4.79 Å². The molecule has 0 unspecified atom stereocenters. The van der Waals surface area contributed by atoms with E-state index in [1.807, 2.05) is 6.07 Å². The molecule has 0 aliphatic carbocycles. The van der Waals surface area contributed by atoms with Gasteiger partial charge in [-0.25, -0.2) is 0 Å². The zero-order valence-corrected chi connectivity index (χ0v) is 11.0. The topological polar surface area (TPSA) is 54.9 Å². The van der Waals surface area contributed by atoms with Gasteiger partial charge in [0.2, 0.25) is 5.91 Å². The molecule has 0 atom stereocenters. The number of fused-ring (bicyclic) bond motifs is 1. The molecule has 0 saturated heterocycles.